The Labute approximate surface area is 167 Å². The predicted molar refractivity (Wildman–Crippen MR) is 107 cm³/mol. The number of carbonyl (C=O) groups excluding carboxylic acids is 1. The van der Waals surface area contributed by atoms with Gasteiger partial charge < -0.3 is 9.72 Å². The van der Waals surface area contributed by atoms with E-state index in [1.807, 2.05) is 19.9 Å². The average molecular weight is 397 g/mol. The summed E-state index contributed by atoms with van der Waals surface area (Å²) in [7, 11) is 0. The Balaban J connectivity index is 0.00000109. The van der Waals surface area contributed by atoms with Gasteiger partial charge in [0.15, 0.2) is 11.4 Å². The molecule has 1 atom stereocenters. The van der Waals surface area contributed by atoms with Crippen LogP contribution in [0.3, 0.4) is 0 Å². The van der Waals surface area contributed by atoms with Crippen molar-refractivity contribution in [3.05, 3.63) is 76.2 Å². The Morgan fingerprint density at radius 2 is 1.89 bits per heavy atom. The van der Waals surface area contributed by atoms with Crippen LogP contribution in [0, 0.1) is 17.1 Å². The van der Waals surface area contributed by atoms with Crippen LogP contribution in [-0.4, -0.2) is 10.8 Å². The van der Waals surface area contributed by atoms with E-state index in [0.717, 1.165) is 10.9 Å². The van der Waals surface area contributed by atoms with Crippen molar-refractivity contribution < 1.29 is 13.9 Å². The highest BCUT2D eigenvalue weighted by Gasteiger charge is 2.49. The number of H-pyrrole nitrogens is 1. The number of fused-ring (bicyclic) bond motifs is 1. The Kier molecular flexibility index (Phi) is 5.26. The molecule has 0 radical (unpaired) electrons. The molecule has 0 spiro atoms. The second-order valence-electron chi connectivity index (χ2n) is 6.17. The van der Waals surface area contributed by atoms with Gasteiger partial charge in [-0.2, -0.15) is 5.26 Å². The van der Waals surface area contributed by atoms with Crippen LogP contribution in [0.15, 0.2) is 54.1 Å². The maximum Gasteiger partial charge on any atom is 0.225 e. The molecule has 0 saturated carbocycles. The van der Waals surface area contributed by atoms with E-state index in [1.165, 1.54) is 25.1 Å². The van der Waals surface area contributed by atoms with E-state index in [-0.39, 0.29) is 16.9 Å². The lowest BCUT2D eigenvalue weighted by Gasteiger charge is -2.24. The molecule has 1 N–H and O–H groups in total. The standard InChI is InChI=1S/C20H12ClFN2O2.C2H6/c1-20(14-4-2-3-5-15(14)22)19(25)13(10-23)18(26-20)17-9-11-8-12(21)6-7-16(11)24-17;1-2/h2-9,24H,1H3;1-2H3. The molecule has 3 aromatic rings. The molecule has 0 bridgehead atoms. The number of aromatic amines is 1. The first kappa shape index (κ1) is 19.7. The highest BCUT2D eigenvalue weighted by atomic mass is 35.5. The molecule has 1 unspecified atom stereocenters. The van der Waals surface area contributed by atoms with Gasteiger partial charge in [0, 0.05) is 21.5 Å². The third-order valence-corrected chi connectivity index (χ3v) is 4.76. The molecule has 0 fully saturated rings. The van der Waals surface area contributed by atoms with Crippen LogP contribution in [0.4, 0.5) is 4.39 Å². The van der Waals surface area contributed by atoms with E-state index in [0.29, 0.717) is 10.7 Å². The maximum atomic E-state index is 14.3. The van der Waals surface area contributed by atoms with Crippen molar-refractivity contribution in [3.63, 3.8) is 0 Å². The molecule has 4 nitrogen and oxygen atoms in total. The van der Waals surface area contributed by atoms with Crippen LogP contribution in [0.5, 0.6) is 0 Å². The number of ketones is 1. The Hall–Kier alpha value is -3.10. The average Bonchev–Trinajstić information content (AvgIpc) is 3.22. The van der Waals surface area contributed by atoms with Gasteiger partial charge in [-0.3, -0.25) is 4.79 Å². The molecule has 0 saturated heterocycles. The zero-order valence-electron chi connectivity index (χ0n) is 15.6. The van der Waals surface area contributed by atoms with Crippen LogP contribution in [0.1, 0.15) is 32.0 Å². The van der Waals surface area contributed by atoms with E-state index in [4.69, 9.17) is 16.3 Å². The summed E-state index contributed by atoms with van der Waals surface area (Å²) in [5.74, 6) is -1.03. The minimum atomic E-state index is -1.60. The van der Waals surface area contributed by atoms with Crippen molar-refractivity contribution in [2.24, 2.45) is 0 Å². The lowest BCUT2D eigenvalue weighted by molar-refractivity contribution is -0.128. The summed E-state index contributed by atoms with van der Waals surface area (Å²) in [6.07, 6.45) is 0. The second kappa shape index (κ2) is 7.49. The number of nitriles is 1. The summed E-state index contributed by atoms with van der Waals surface area (Å²) in [4.78, 5) is 16.0. The van der Waals surface area contributed by atoms with E-state index < -0.39 is 17.2 Å². The maximum absolute atomic E-state index is 14.3. The summed E-state index contributed by atoms with van der Waals surface area (Å²) in [5.41, 5.74) is -0.405. The Morgan fingerprint density at radius 1 is 1.18 bits per heavy atom. The van der Waals surface area contributed by atoms with Gasteiger partial charge in [0.05, 0.1) is 5.69 Å². The van der Waals surface area contributed by atoms with Crippen LogP contribution in [0.2, 0.25) is 5.02 Å². The fraction of sp³-hybridized carbons (Fsp3) is 0.182. The molecule has 6 heteroatoms. The smallest absolute Gasteiger partial charge is 0.225 e. The third kappa shape index (κ3) is 3.06. The Morgan fingerprint density at radius 3 is 2.57 bits per heavy atom. The predicted octanol–water partition coefficient (Wildman–Crippen LogP) is 5.74. The van der Waals surface area contributed by atoms with Crippen molar-refractivity contribution in [2.75, 3.05) is 0 Å². The van der Waals surface area contributed by atoms with Gasteiger partial charge in [0.2, 0.25) is 5.78 Å². The number of nitrogens with zero attached hydrogens (tertiary/aromatic N) is 1. The van der Waals surface area contributed by atoms with E-state index in [2.05, 4.69) is 4.98 Å². The molecule has 0 aliphatic carbocycles. The lowest BCUT2D eigenvalue weighted by atomic mass is 9.89. The number of halogens is 2. The van der Waals surface area contributed by atoms with Crippen LogP contribution < -0.4 is 0 Å². The van der Waals surface area contributed by atoms with Crippen molar-refractivity contribution >= 4 is 34.0 Å². The number of hydrogen-bond acceptors (Lipinski definition) is 3. The molecule has 1 aromatic heterocycles. The van der Waals surface area contributed by atoms with Crippen molar-refractivity contribution in [1.29, 1.82) is 5.26 Å². The summed E-state index contributed by atoms with van der Waals surface area (Å²) in [6, 6.07) is 14.8. The second-order valence-corrected chi connectivity index (χ2v) is 6.61. The highest BCUT2D eigenvalue weighted by molar-refractivity contribution is 6.31. The number of Topliss-reactive ketones (excluding diaryl/α,β-unsaturated/α-hetero) is 1. The van der Waals surface area contributed by atoms with Crippen LogP contribution in [-0.2, 0) is 15.1 Å². The van der Waals surface area contributed by atoms with E-state index >= 15 is 0 Å². The summed E-state index contributed by atoms with van der Waals surface area (Å²) in [6.45, 7) is 5.47. The first-order valence-electron chi connectivity index (χ1n) is 8.86. The van der Waals surface area contributed by atoms with Gasteiger partial charge >= 0.3 is 0 Å². The zero-order valence-corrected chi connectivity index (χ0v) is 16.4. The lowest BCUT2D eigenvalue weighted by Crippen LogP contribution is -2.31. The minimum Gasteiger partial charge on any atom is -0.471 e. The first-order valence-corrected chi connectivity index (χ1v) is 9.23. The highest BCUT2D eigenvalue weighted by Crippen LogP contribution is 2.43. The largest absolute Gasteiger partial charge is 0.471 e. The van der Waals surface area contributed by atoms with Crippen molar-refractivity contribution in [1.82, 2.24) is 4.98 Å². The summed E-state index contributed by atoms with van der Waals surface area (Å²) >= 11 is 6.00. The number of nitrogens with one attached hydrogen (secondary N) is 1. The number of ether oxygens (including phenoxy) is 1. The third-order valence-electron chi connectivity index (χ3n) is 4.52. The SMILES string of the molecule is CC.CC1(c2ccccc2F)OC(c2cc3cc(Cl)ccc3[nH]2)=C(C#N)C1=O. The van der Waals surface area contributed by atoms with Crippen molar-refractivity contribution in [2.45, 2.75) is 26.4 Å². The van der Waals surface area contributed by atoms with Gasteiger partial charge in [-0.1, -0.05) is 43.6 Å². The van der Waals surface area contributed by atoms with Crippen LogP contribution in [0.25, 0.3) is 16.7 Å². The number of rotatable bonds is 2. The molecule has 142 valence electrons. The first-order chi connectivity index (χ1) is 13.4. The topological polar surface area (TPSA) is 65.9 Å². The fourth-order valence-corrected chi connectivity index (χ4v) is 3.37. The number of carbonyl (C=O) groups is 1. The Bertz CT molecular complexity index is 1140. The summed E-state index contributed by atoms with van der Waals surface area (Å²) in [5, 5.41) is 10.9. The molecule has 1 aliphatic rings. The molecule has 2 heterocycles. The van der Waals surface area contributed by atoms with E-state index in [9.17, 15) is 14.4 Å². The van der Waals surface area contributed by atoms with Gasteiger partial charge in [-0.05, 0) is 37.3 Å². The van der Waals surface area contributed by atoms with Crippen LogP contribution >= 0.6 is 11.6 Å². The van der Waals surface area contributed by atoms with E-state index in [1.54, 1.807) is 30.3 Å². The van der Waals surface area contributed by atoms with Gasteiger partial charge in [0.25, 0.3) is 0 Å². The molecule has 2 aromatic carbocycles. The quantitative estimate of drug-likeness (QED) is 0.601. The fourth-order valence-electron chi connectivity index (χ4n) is 3.19. The molecular formula is C22H18ClFN2O2. The summed E-state index contributed by atoms with van der Waals surface area (Å²) < 4.78 is 20.2. The molecule has 4 rings (SSSR count). The molecular weight excluding hydrogens is 379 g/mol. The van der Waals surface area contributed by atoms with Crippen molar-refractivity contribution in [3.8, 4) is 6.07 Å². The molecule has 28 heavy (non-hydrogen) atoms. The van der Waals surface area contributed by atoms with Gasteiger partial charge in [-0.15, -0.1) is 0 Å². The van der Waals surface area contributed by atoms with Gasteiger partial charge in [0.1, 0.15) is 17.5 Å². The van der Waals surface area contributed by atoms with Gasteiger partial charge in [-0.25, -0.2) is 4.39 Å². The molecule has 0 amide bonds. The monoisotopic (exact) mass is 396 g/mol. The number of benzene rings is 2. The number of aromatic nitrogens is 1. The normalized spacial score (nSPS) is 18.5. The minimum absolute atomic E-state index is 0.0897. The molecule has 1 aliphatic heterocycles. The number of hydrogen-bond donors (Lipinski definition) is 1. The zero-order chi connectivity index (χ0) is 20.5.